The van der Waals surface area contributed by atoms with E-state index in [2.05, 4.69) is 31.4 Å². The fourth-order valence-electron chi connectivity index (χ4n) is 2.57. The van der Waals surface area contributed by atoms with Crippen molar-refractivity contribution < 1.29 is 4.79 Å². The molecular weight excluding hydrogens is 236 g/mol. The third-order valence-electron chi connectivity index (χ3n) is 3.61. The van der Waals surface area contributed by atoms with Gasteiger partial charge in [0.2, 0.25) is 0 Å². The van der Waals surface area contributed by atoms with Crippen LogP contribution in [0.15, 0.2) is 24.3 Å². The molecule has 104 valence electrons. The zero-order chi connectivity index (χ0) is 13.9. The molecule has 1 aliphatic rings. The van der Waals surface area contributed by atoms with Gasteiger partial charge in [-0.05, 0) is 36.4 Å². The Hall–Kier alpha value is -1.35. The van der Waals surface area contributed by atoms with Gasteiger partial charge in [-0.3, -0.25) is 4.79 Å². The topological polar surface area (TPSA) is 41.1 Å². The summed E-state index contributed by atoms with van der Waals surface area (Å²) in [6.45, 7) is 8.36. The molecule has 0 spiro atoms. The van der Waals surface area contributed by atoms with E-state index in [9.17, 15) is 4.79 Å². The molecule has 1 aromatic carbocycles. The van der Waals surface area contributed by atoms with Gasteiger partial charge in [-0.15, -0.1) is 0 Å². The van der Waals surface area contributed by atoms with E-state index in [1.54, 1.807) is 0 Å². The average Bonchev–Trinajstić information content (AvgIpc) is 2.39. The Kier molecular flexibility index (Phi) is 4.25. The van der Waals surface area contributed by atoms with Crippen molar-refractivity contribution in [3.8, 4) is 0 Å². The van der Waals surface area contributed by atoms with Gasteiger partial charge >= 0.3 is 0 Å². The lowest BCUT2D eigenvalue weighted by atomic mass is 9.83. The van der Waals surface area contributed by atoms with Crippen molar-refractivity contribution in [2.75, 3.05) is 13.1 Å². The molecule has 19 heavy (non-hydrogen) atoms. The lowest BCUT2D eigenvalue weighted by Gasteiger charge is -2.26. The normalized spacial score (nSPS) is 20.1. The fraction of sp³-hybridized carbons (Fsp3) is 0.562. The monoisotopic (exact) mass is 260 g/mol. The summed E-state index contributed by atoms with van der Waals surface area (Å²) >= 11 is 0. The Labute approximate surface area is 115 Å². The van der Waals surface area contributed by atoms with Gasteiger partial charge in [0.15, 0.2) is 0 Å². The summed E-state index contributed by atoms with van der Waals surface area (Å²) in [5.74, 6) is 0.0548. The quantitative estimate of drug-likeness (QED) is 0.857. The molecule has 0 bridgehead atoms. The number of nitrogens with one attached hydrogen (secondary N) is 2. The minimum Gasteiger partial charge on any atom is -0.348 e. The summed E-state index contributed by atoms with van der Waals surface area (Å²) < 4.78 is 0. The number of hydrogen-bond donors (Lipinski definition) is 2. The molecule has 1 saturated heterocycles. The molecule has 2 rings (SSSR count). The molecular formula is C16H24N2O. The highest BCUT2D eigenvalue weighted by Gasteiger charge is 2.23. The third kappa shape index (κ3) is 3.57. The molecule has 0 radical (unpaired) electrons. The molecule has 1 aromatic rings. The standard InChI is InChI=1S/C16H24N2O/c1-16(2,3)14-9-5-4-8-13(14)15(19)18-12-7-6-10-17-11-12/h4-5,8-9,12,17H,6-7,10-11H2,1-3H3,(H,18,19)/t12-/m0/s1. The van der Waals surface area contributed by atoms with Gasteiger partial charge in [0.05, 0.1) is 0 Å². The summed E-state index contributed by atoms with van der Waals surface area (Å²) in [6.07, 6.45) is 2.20. The summed E-state index contributed by atoms with van der Waals surface area (Å²) in [7, 11) is 0. The molecule has 0 saturated carbocycles. The summed E-state index contributed by atoms with van der Waals surface area (Å²) in [6, 6.07) is 8.16. The van der Waals surface area contributed by atoms with Crippen LogP contribution in [0.4, 0.5) is 0 Å². The smallest absolute Gasteiger partial charge is 0.251 e. The van der Waals surface area contributed by atoms with Crippen molar-refractivity contribution >= 4 is 5.91 Å². The van der Waals surface area contributed by atoms with E-state index in [1.807, 2.05) is 24.3 Å². The zero-order valence-corrected chi connectivity index (χ0v) is 12.1. The van der Waals surface area contributed by atoms with Crippen LogP contribution < -0.4 is 10.6 Å². The van der Waals surface area contributed by atoms with E-state index in [-0.39, 0.29) is 17.4 Å². The van der Waals surface area contributed by atoms with Gasteiger partial charge in [0.1, 0.15) is 0 Å². The Morgan fingerprint density at radius 1 is 1.32 bits per heavy atom. The number of piperidine rings is 1. The maximum atomic E-state index is 12.4. The Morgan fingerprint density at radius 2 is 2.05 bits per heavy atom. The summed E-state index contributed by atoms with van der Waals surface area (Å²) in [4.78, 5) is 12.4. The molecule has 0 aromatic heterocycles. The second-order valence-electron chi connectivity index (χ2n) is 6.31. The number of carbonyl (C=O) groups excluding carboxylic acids is 1. The number of carbonyl (C=O) groups is 1. The van der Waals surface area contributed by atoms with E-state index >= 15 is 0 Å². The molecule has 1 atom stereocenters. The number of hydrogen-bond acceptors (Lipinski definition) is 2. The first-order valence-corrected chi connectivity index (χ1v) is 7.09. The fourth-order valence-corrected chi connectivity index (χ4v) is 2.57. The van der Waals surface area contributed by atoms with Crippen molar-refractivity contribution in [2.45, 2.75) is 45.1 Å². The van der Waals surface area contributed by atoms with Crippen LogP contribution in [0, 0.1) is 0 Å². The van der Waals surface area contributed by atoms with Gasteiger partial charge in [-0.25, -0.2) is 0 Å². The van der Waals surface area contributed by atoms with Crippen LogP contribution in [0.3, 0.4) is 0 Å². The van der Waals surface area contributed by atoms with Crippen molar-refractivity contribution in [3.05, 3.63) is 35.4 Å². The van der Waals surface area contributed by atoms with Crippen LogP contribution in [0.25, 0.3) is 0 Å². The largest absolute Gasteiger partial charge is 0.348 e. The minimum atomic E-state index is -0.0151. The van der Waals surface area contributed by atoms with Crippen molar-refractivity contribution in [1.82, 2.24) is 10.6 Å². The first-order valence-electron chi connectivity index (χ1n) is 7.09. The van der Waals surface area contributed by atoms with Crippen LogP contribution in [-0.4, -0.2) is 25.0 Å². The predicted octanol–water partition coefficient (Wildman–Crippen LogP) is 2.47. The lowest BCUT2D eigenvalue weighted by molar-refractivity contribution is 0.0928. The molecule has 1 fully saturated rings. The van der Waals surface area contributed by atoms with Crippen LogP contribution >= 0.6 is 0 Å². The van der Waals surface area contributed by atoms with E-state index in [0.717, 1.165) is 37.1 Å². The van der Waals surface area contributed by atoms with Crippen LogP contribution in [-0.2, 0) is 5.41 Å². The Morgan fingerprint density at radius 3 is 2.68 bits per heavy atom. The number of amides is 1. The van der Waals surface area contributed by atoms with Crippen LogP contribution in [0.1, 0.15) is 49.5 Å². The van der Waals surface area contributed by atoms with Crippen molar-refractivity contribution in [1.29, 1.82) is 0 Å². The molecule has 0 aliphatic carbocycles. The van der Waals surface area contributed by atoms with Crippen molar-refractivity contribution in [2.24, 2.45) is 0 Å². The first-order chi connectivity index (χ1) is 8.98. The maximum absolute atomic E-state index is 12.4. The van der Waals surface area contributed by atoms with E-state index in [1.165, 1.54) is 0 Å². The molecule has 3 heteroatoms. The molecule has 2 N–H and O–H groups in total. The van der Waals surface area contributed by atoms with Crippen molar-refractivity contribution in [3.63, 3.8) is 0 Å². The summed E-state index contributed by atoms with van der Waals surface area (Å²) in [5, 5.41) is 6.47. The maximum Gasteiger partial charge on any atom is 0.251 e. The van der Waals surface area contributed by atoms with E-state index < -0.39 is 0 Å². The number of benzene rings is 1. The molecule has 1 aliphatic heterocycles. The SMILES string of the molecule is CC(C)(C)c1ccccc1C(=O)N[C@H]1CCCNC1. The highest BCUT2D eigenvalue weighted by Crippen LogP contribution is 2.25. The highest BCUT2D eigenvalue weighted by molar-refractivity contribution is 5.96. The van der Waals surface area contributed by atoms with Gasteiger partial charge in [0, 0.05) is 18.2 Å². The van der Waals surface area contributed by atoms with Gasteiger partial charge in [-0.1, -0.05) is 39.0 Å². The summed E-state index contributed by atoms with van der Waals surface area (Å²) in [5.41, 5.74) is 1.90. The first kappa shape index (κ1) is 14.1. The van der Waals surface area contributed by atoms with Gasteiger partial charge in [0.25, 0.3) is 5.91 Å². The lowest BCUT2D eigenvalue weighted by Crippen LogP contribution is -2.46. The minimum absolute atomic E-state index is 0.0151. The molecule has 1 heterocycles. The van der Waals surface area contributed by atoms with Crippen LogP contribution in [0.2, 0.25) is 0 Å². The van der Waals surface area contributed by atoms with Crippen LogP contribution in [0.5, 0.6) is 0 Å². The van der Waals surface area contributed by atoms with Gasteiger partial charge < -0.3 is 10.6 Å². The molecule has 3 nitrogen and oxygen atoms in total. The highest BCUT2D eigenvalue weighted by atomic mass is 16.1. The third-order valence-corrected chi connectivity index (χ3v) is 3.61. The Bertz CT molecular complexity index is 442. The zero-order valence-electron chi connectivity index (χ0n) is 12.1. The predicted molar refractivity (Wildman–Crippen MR) is 78.5 cm³/mol. The van der Waals surface area contributed by atoms with Gasteiger partial charge in [-0.2, -0.15) is 0 Å². The second kappa shape index (κ2) is 5.74. The molecule has 0 unspecified atom stereocenters. The number of rotatable bonds is 2. The van der Waals surface area contributed by atoms with E-state index in [0.29, 0.717) is 0 Å². The van der Waals surface area contributed by atoms with E-state index in [4.69, 9.17) is 0 Å². The Balaban J connectivity index is 2.14. The average molecular weight is 260 g/mol. The second-order valence-corrected chi connectivity index (χ2v) is 6.31. The molecule has 1 amide bonds.